The summed E-state index contributed by atoms with van der Waals surface area (Å²) in [5, 5.41) is 13.9. The average Bonchev–Trinajstić information content (AvgIpc) is 3.32. The second-order valence-corrected chi connectivity index (χ2v) is 9.00. The zero-order chi connectivity index (χ0) is 25.1. The molecule has 0 aliphatic carbocycles. The van der Waals surface area contributed by atoms with Crippen LogP contribution >= 0.6 is 0 Å². The van der Waals surface area contributed by atoms with Gasteiger partial charge in [-0.15, -0.1) is 0 Å². The highest BCUT2D eigenvalue weighted by atomic mass is 16.5. The SMILES string of the molecule is C=C(C)c1cccc(OC2CCN(c3ccc(-c4cc(OCC)cn5ncc(C#N)c45)cn3)CC2)c1. The fraction of sp³-hybridized carbons (Fsp3) is 0.276. The van der Waals surface area contributed by atoms with Gasteiger partial charge in [0.25, 0.3) is 0 Å². The number of fused-ring (bicyclic) bond motifs is 1. The lowest BCUT2D eigenvalue weighted by Crippen LogP contribution is -2.38. The first-order valence-corrected chi connectivity index (χ1v) is 12.2. The molecule has 1 aliphatic rings. The Bertz CT molecular complexity index is 1430. The number of pyridine rings is 2. The van der Waals surface area contributed by atoms with E-state index in [2.05, 4.69) is 34.8 Å². The molecule has 1 saturated heterocycles. The van der Waals surface area contributed by atoms with Gasteiger partial charge < -0.3 is 14.4 Å². The number of piperidine rings is 1. The van der Waals surface area contributed by atoms with Crippen LogP contribution in [0.4, 0.5) is 5.82 Å². The lowest BCUT2D eigenvalue weighted by Gasteiger charge is -2.33. The van der Waals surface area contributed by atoms with Crippen LogP contribution in [-0.4, -0.2) is 40.4 Å². The van der Waals surface area contributed by atoms with E-state index >= 15 is 0 Å². The van der Waals surface area contributed by atoms with Gasteiger partial charge in [-0.25, -0.2) is 9.50 Å². The van der Waals surface area contributed by atoms with Gasteiger partial charge in [-0.05, 0) is 49.7 Å². The monoisotopic (exact) mass is 479 g/mol. The molecule has 1 aromatic carbocycles. The number of hydrogen-bond donors (Lipinski definition) is 0. The van der Waals surface area contributed by atoms with E-state index in [4.69, 9.17) is 14.5 Å². The molecule has 0 spiro atoms. The summed E-state index contributed by atoms with van der Waals surface area (Å²) in [7, 11) is 0. The molecule has 0 radical (unpaired) electrons. The van der Waals surface area contributed by atoms with Crippen molar-refractivity contribution in [1.82, 2.24) is 14.6 Å². The second kappa shape index (κ2) is 10.1. The number of aromatic nitrogens is 3. The Labute approximate surface area is 211 Å². The molecule has 182 valence electrons. The molecule has 0 atom stereocenters. The molecule has 5 rings (SSSR count). The topological polar surface area (TPSA) is 75.7 Å². The molecule has 3 aromatic heterocycles. The van der Waals surface area contributed by atoms with Crippen molar-refractivity contribution in [3.05, 3.63) is 78.8 Å². The summed E-state index contributed by atoms with van der Waals surface area (Å²) in [5.41, 5.74) is 5.21. The highest BCUT2D eigenvalue weighted by molar-refractivity contribution is 5.85. The maximum absolute atomic E-state index is 9.56. The molecule has 0 amide bonds. The molecular formula is C29H29N5O2. The van der Waals surface area contributed by atoms with Gasteiger partial charge in [0, 0.05) is 43.3 Å². The van der Waals surface area contributed by atoms with Gasteiger partial charge in [0.05, 0.1) is 30.1 Å². The highest BCUT2D eigenvalue weighted by Gasteiger charge is 2.22. The third-order valence-electron chi connectivity index (χ3n) is 6.47. The molecular weight excluding hydrogens is 450 g/mol. The maximum atomic E-state index is 9.56. The third kappa shape index (κ3) is 4.76. The van der Waals surface area contributed by atoms with E-state index < -0.39 is 0 Å². The van der Waals surface area contributed by atoms with Crippen LogP contribution in [0.3, 0.4) is 0 Å². The largest absolute Gasteiger partial charge is 0.492 e. The summed E-state index contributed by atoms with van der Waals surface area (Å²) in [6.07, 6.45) is 7.28. The van der Waals surface area contributed by atoms with Crippen molar-refractivity contribution >= 4 is 16.9 Å². The van der Waals surface area contributed by atoms with Crippen LogP contribution in [0.5, 0.6) is 11.5 Å². The summed E-state index contributed by atoms with van der Waals surface area (Å²) in [6, 6.07) is 16.4. The first-order valence-electron chi connectivity index (χ1n) is 12.2. The normalized spacial score (nSPS) is 14.0. The predicted octanol–water partition coefficient (Wildman–Crippen LogP) is 5.75. The van der Waals surface area contributed by atoms with Crippen LogP contribution in [0.25, 0.3) is 22.2 Å². The van der Waals surface area contributed by atoms with Gasteiger partial charge in [-0.1, -0.05) is 24.3 Å². The van der Waals surface area contributed by atoms with Gasteiger partial charge in [-0.2, -0.15) is 10.4 Å². The predicted molar refractivity (Wildman–Crippen MR) is 141 cm³/mol. The minimum atomic E-state index is 0.182. The zero-order valence-electron chi connectivity index (χ0n) is 20.6. The van der Waals surface area contributed by atoms with E-state index in [1.165, 1.54) is 0 Å². The smallest absolute Gasteiger partial charge is 0.138 e. The second-order valence-electron chi connectivity index (χ2n) is 9.00. The molecule has 4 aromatic rings. The lowest BCUT2D eigenvalue weighted by atomic mass is 10.0. The van der Waals surface area contributed by atoms with Gasteiger partial charge in [0.2, 0.25) is 0 Å². The Hall–Kier alpha value is -4.31. The van der Waals surface area contributed by atoms with E-state index in [9.17, 15) is 5.26 Å². The maximum Gasteiger partial charge on any atom is 0.138 e. The minimum Gasteiger partial charge on any atom is -0.492 e. The van der Waals surface area contributed by atoms with E-state index in [1.54, 1.807) is 16.9 Å². The standard InChI is InChI=1S/C29H29N5O2/c1-4-35-26-15-27(29-23(16-30)18-32-34(29)19-26)22-8-9-28(31-17-22)33-12-10-24(11-13-33)36-25-7-5-6-21(14-25)20(2)3/h5-9,14-15,17-19,24H,2,4,10-13H2,1,3H3. The molecule has 4 heterocycles. The van der Waals surface area contributed by atoms with E-state index in [1.807, 2.05) is 50.4 Å². The Kier molecular flexibility index (Phi) is 6.59. The van der Waals surface area contributed by atoms with Crippen LogP contribution in [-0.2, 0) is 0 Å². The Morgan fingerprint density at radius 1 is 1.14 bits per heavy atom. The van der Waals surface area contributed by atoms with Crippen molar-refractivity contribution in [3.8, 4) is 28.7 Å². The molecule has 7 nitrogen and oxygen atoms in total. The van der Waals surface area contributed by atoms with Crippen molar-refractivity contribution < 1.29 is 9.47 Å². The van der Waals surface area contributed by atoms with Crippen LogP contribution in [0.1, 0.15) is 37.8 Å². The molecule has 1 fully saturated rings. The number of anilines is 1. The summed E-state index contributed by atoms with van der Waals surface area (Å²) in [5.74, 6) is 2.54. The lowest BCUT2D eigenvalue weighted by molar-refractivity contribution is 0.170. The summed E-state index contributed by atoms with van der Waals surface area (Å²) in [6.45, 7) is 10.3. The van der Waals surface area contributed by atoms with Crippen LogP contribution in [0.15, 0.2) is 67.6 Å². The van der Waals surface area contributed by atoms with Gasteiger partial charge in [-0.3, -0.25) is 0 Å². The average molecular weight is 480 g/mol. The molecule has 7 heteroatoms. The fourth-order valence-electron chi connectivity index (χ4n) is 4.61. The highest BCUT2D eigenvalue weighted by Crippen LogP contribution is 2.32. The summed E-state index contributed by atoms with van der Waals surface area (Å²) >= 11 is 0. The Balaban J connectivity index is 1.30. The number of nitriles is 1. The number of allylic oxidation sites excluding steroid dienone is 1. The molecule has 0 saturated carbocycles. The molecule has 0 bridgehead atoms. The first kappa shape index (κ1) is 23.4. The van der Waals surface area contributed by atoms with Gasteiger partial charge in [0.15, 0.2) is 0 Å². The van der Waals surface area contributed by atoms with Crippen LogP contribution in [0, 0.1) is 11.3 Å². The van der Waals surface area contributed by atoms with Crippen molar-refractivity contribution in [2.24, 2.45) is 0 Å². The van der Waals surface area contributed by atoms with E-state index in [-0.39, 0.29) is 6.10 Å². The summed E-state index contributed by atoms with van der Waals surface area (Å²) in [4.78, 5) is 7.05. The van der Waals surface area contributed by atoms with Crippen LogP contribution in [0.2, 0.25) is 0 Å². The quantitative estimate of drug-likeness (QED) is 0.336. The van der Waals surface area contributed by atoms with Crippen molar-refractivity contribution in [2.75, 3.05) is 24.6 Å². The van der Waals surface area contributed by atoms with Gasteiger partial charge in [0.1, 0.15) is 29.5 Å². The number of rotatable bonds is 7. The minimum absolute atomic E-state index is 0.182. The van der Waals surface area contributed by atoms with Gasteiger partial charge >= 0.3 is 0 Å². The summed E-state index contributed by atoms with van der Waals surface area (Å²) < 4.78 is 13.7. The number of nitrogens with zero attached hydrogens (tertiary/aromatic N) is 5. The van der Waals surface area contributed by atoms with E-state index in [0.29, 0.717) is 17.9 Å². The Morgan fingerprint density at radius 2 is 1.97 bits per heavy atom. The molecule has 1 aliphatic heterocycles. The third-order valence-corrected chi connectivity index (χ3v) is 6.47. The Morgan fingerprint density at radius 3 is 2.67 bits per heavy atom. The zero-order valence-corrected chi connectivity index (χ0v) is 20.6. The van der Waals surface area contributed by atoms with Crippen molar-refractivity contribution in [3.63, 3.8) is 0 Å². The molecule has 0 unspecified atom stereocenters. The number of hydrogen-bond acceptors (Lipinski definition) is 6. The fourth-order valence-corrected chi connectivity index (χ4v) is 4.61. The van der Waals surface area contributed by atoms with Crippen LogP contribution < -0.4 is 14.4 Å². The van der Waals surface area contributed by atoms with Crippen molar-refractivity contribution in [2.45, 2.75) is 32.8 Å². The van der Waals surface area contributed by atoms with E-state index in [0.717, 1.165) is 65.3 Å². The number of benzene rings is 1. The molecule has 0 N–H and O–H groups in total. The van der Waals surface area contributed by atoms with Crippen molar-refractivity contribution in [1.29, 1.82) is 5.26 Å². The first-order chi connectivity index (χ1) is 17.6. The molecule has 36 heavy (non-hydrogen) atoms. The number of ether oxygens (including phenoxy) is 2.